The quantitative estimate of drug-likeness (QED) is 0.658. The smallest absolute Gasteiger partial charge is 0.230 e. The highest BCUT2D eigenvalue weighted by Gasteiger charge is 2.14. The van der Waals surface area contributed by atoms with E-state index in [9.17, 15) is 4.79 Å². The Morgan fingerprint density at radius 2 is 1.69 bits per heavy atom. The number of rotatable bonds is 8. The fourth-order valence-electron chi connectivity index (χ4n) is 2.87. The van der Waals surface area contributed by atoms with Gasteiger partial charge in [-0.05, 0) is 35.9 Å². The molecular formula is C21H25NO6S. The Hall–Kier alpha value is -2.74. The van der Waals surface area contributed by atoms with Crippen molar-refractivity contribution in [1.82, 2.24) is 5.32 Å². The Bertz CT molecular complexity index is 832. The Kier molecular flexibility index (Phi) is 7.35. The summed E-state index contributed by atoms with van der Waals surface area (Å²) in [5.41, 5.74) is 0.855. The molecule has 1 aliphatic heterocycles. The molecule has 1 amide bonds. The number of benzene rings is 2. The van der Waals surface area contributed by atoms with Crippen molar-refractivity contribution in [2.45, 2.75) is 17.9 Å². The molecule has 0 saturated heterocycles. The molecule has 0 saturated carbocycles. The maximum Gasteiger partial charge on any atom is 0.230 e. The van der Waals surface area contributed by atoms with Crippen LogP contribution in [0.2, 0.25) is 0 Å². The van der Waals surface area contributed by atoms with Gasteiger partial charge < -0.3 is 29.0 Å². The van der Waals surface area contributed by atoms with Gasteiger partial charge >= 0.3 is 0 Å². The standard InChI is InChI=1S/C21H25NO6S/c1-24-18-9-14(10-19(25-2)21(18)26-3)12-22-20(23)13-29-15-5-6-16-17(11-15)28-8-4-7-27-16/h5-6,9-11H,4,7-8,12-13H2,1-3H3,(H,22,23). The van der Waals surface area contributed by atoms with Gasteiger partial charge in [-0.15, -0.1) is 11.8 Å². The number of amides is 1. The summed E-state index contributed by atoms with van der Waals surface area (Å²) in [6, 6.07) is 9.37. The van der Waals surface area contributed by atoms with E-state index in [-0.39, 0.29) is 5.91 Å². The molecule has 0 unspecified atom stereocenters. The molecule has 1 aliphatic rings. The van der Waals surface area contributed by atoms with Crippen LogP contribution in [-0.2, 0) is 11.3 Å². The summed E-state index contributed by atoms with van der Waals surface area (Å²) in [5.74, 6) is 3.33. The van der Waals surface area contributed by atoms with Crippen LogP contribution >= 0.6 is 11.8 Å². The van der Waals surface area contributed by atoms with Crippen molar-refractivity contribution in [3.05, 3.63) is 35.9 Å². The first-order valence-electron chi connectivity index (χ1n) is 9.22. The van der Waals surface area contributed by atoms with E-state index in [2.05, 4.69) is 5.32 Å². The summed E-state index contributed by atoms with van der Waals surface area (Å²) in [7, 11) is 4.68. The highest BCUT2D eigenvalue weighted by atomic mass is 32.2. The largest absolute Gasteiger partial charge is 0.493 e. The van der Waals surface area contributed by atoms with Crippen LogP contribution in [-0.4, -0.2) is 46.2 Å². The van der Waals surface area contributed by atoms with E-state index >= 15 is 0 Å². The van der Waals surface area contributed by atoms with Gasteiger partial charge in [0.15, 0.2) is 23.0 Å². The third-order valence-corrected chi connectivity index (χ3v) is 5.30. The van der Waals surface area contributed by atoms with Crippen molar-refractivity contribution >= 4 is 17.7 Å². The van der Waals surface area contributed by atoms with Gasteiger partial charge in [-0.25, -0.2) is 0 Å². The Labute approximate surface area is 174 Å². The zero-order chi connectivity index (χ0) is 20.6. The summed E-state index contributed by atoms with van der Waals surface area (Å²) < 4.78 is 27.3. The van der Waals surface area contributed by atoms with Crippen LogP contribution in [0.3, 0.4) is 0 Å². The molecule has 0 aromatic heterocycles. The van der Waals surface area contributed by atoms with Gasteiger partial charge in [-0.1, -0.05) is 0 Å². The predicted molar refractivity (Wildman–Crippen MR) is 111 cm³/mol. The molecule has 7 nitrogen and oxygen atoms in total. The topological polar surface area (TPSA) is 75.3 Å². The van der Waals surface area contributed by atoms with Crippen LogP contribution in [0.25, 0.3) is 0 Å². The number of thioether (sulfide) groups is 1. The number of carbonyl (C=O) groups excluding carboxylic acids is 1. The summed E-state index contributed by atoms with van der Waals surface area (Å²) in [6.45, 7) is 1.65. The van der Waals surface area contributed by atoms with Gasteiger partial charge in [0.2, 0.25) is 11.7 Å². The SMILES string of the molecule is COc1cc(CNC(=O)CSc2ccc3c(c2)OCCCO3)cc(OC)c1OC. The zero-order valence-corrected chi connectivity index (χ0v) is 17.6. The van der Waals surface area contributed by atoms with Crippen molar-refractivity contribution in [3.63, 3.8) is 0 Å². The minimum atomic E-state index is -0.0733. The van der Waals surface area contributed by atoms with Crippen molar-refractivity contribution in [2.24, 2.45) is 0 Å². The summed E-state index contributed by atoms with van der Waals surface area (Å²) in [4.78, 5) is 13.2. The number of fused-ring (bicyclic) bond motifs is 1. The first-order valence-corrected chi connectivity index (χ1v) is 10.2. The fraction of sp³-hybridized carbons (Fsp3) is 0.381. The molecule has 0 aliphatic carbocycles. The molecule has 0 spiro atoms. The monoisotopic (exact) mass is 419 g/mol. The van der Waals surface area contributed by atoms with Gasteiger partial charge in [0, 0.05) is 17.9 Å². The van der Waals surface area contributed by atoms with Crippen LogP contribution in [0, 0.1) is 0 Å². The molecular weight excluding hydrogens is 394 g/mol. The highest BCUT2D eigenvalue weighted by Crippen LogP contribution is 2.38. The van der Waals surface area contributed by atoms with Crippen LogP contribution < -0.4 is 29.0 Å². The lowest BCUT2D eigenvalue weighted by atomic mass is 10.2. The Morgan fingerprint density at radius 1 is 1.00 bits per heavy atom. The van der Waals surface area contributed by atoms with E-state index in [4.69, 9.17) is 23.7 Å². The van der Waals surface area contributed by atoms with Crippen LogP contribution in [0.5, 0.6) is 28.7 Å². The molecule has 3 rings (SSSR count). The van der Waals surface area contributed by atoms with Gasteiger partial charge in [-0.2, -0.15) is 0 Å². The minimum Gasteiger partial charge on any atom is -0.493 e. The molecule has 29 heavy (non-hydrogen) atoms. The molecule has 2 aromatic carbocycles. The van der Waals surface area contributed by atoms with E-state index in [1.54, 1.807) is 21.3 Å². The third-order valence-electron chi connectivity index (χ3n) is 4.30. The maximum atomic E-state index is 12.3. The molecule has 1 N–H and O–H groups in total. The van der Waals surface area contributed by atoms with E-state index < -0.39 is 0 Å². The number of hydrogen-bond donors (Lipinski definition) is 1. The Morgan fingerprint density at radius 3 is 2.34 bits per heavy atom. The van der Waals surface area contributed by atoms with Gasteiger partial charge in [-0.3, -0.25) is 4.79 Å². The van der Waals surface area contributed by atoms with Gasteiger partial charge in [0.05, 0.1) is 40.3 Å². The van der Waals surface area contributed by atoms with Crippen LogP contribution in [0.4, 0.5) is 0 Å². The van der Waals surface area contributed by atoms with Gasteiger partial charge in [0.1, 0.15) is 0 Å². The molecule has 2 aromatic rings. The number of methoxy groups -OCH3 is 3. The van der Waals surface area contributed by atoms with Crippen molar-refractivity contribution < 1.29 is 28.5 Å². The molecule has 0 fully saturated rings. The third kappa shape index (κ3) is 5.41. The number of carbonyl (C=O) groups is 1. The van der Waals surface area contributed by atoms with E-state index in [0.29, 0.717) is 42.8 Å². The molecule has 1 heterocycles. The van der Waals surface area contributed by atoms with E-state index in [0.717, 1.165) is 28.4 Å². The van der Waals surface area contributed by atoms with Crippen molar-refractivity contribution in [1.29, 1.82) is 0 Å². The lowest BCUT2D eigenvalue weighted by Crippen LogP contribution is -2.24. The van der Waals surface area contributed by atoms with Crippen LogP contribution in [0.15, 0.2) is 35.2 Å². The zero-order valence-electron chi connectivity index (χ0n) is 16.8. The summed E-state index contributed by atoms with van der Waals surface area (Å²) >= 11 is 1.45. The average Bonchev–Trinajstić information content (AvgIpc) is 3.00. The van der Waals surface area contributed by atoms with Crippen molar-refractivity contribution in [3.8, 4) is 28.7 Å². The molecule has 8 heteroatoms. The number of ether oxygens (including phenoxy) is 5. The maximum absolute atomic E-state index is 12.3. The van der Waals surface area contributed by atoms with E-state index in [1.807, 2.05) is 30.3 Å². The number of nitrogens with one attached hydrogen (secondary N) is 1. The number of hydrogen-bond acceptors (Lipinski definition) is 7. The van der Waals surface area contributed by atoms with Crippen LogP contribution in [0.1, 0.15) is 12.0 Å². The molecule has 156 valence electrons. The lowest BCUT2D eigenvalue weighted by Gasteiger charge is -2.14. The summed E-state index contributed by atoms with van der Waals surface area (Å²) in [6.07, 6.45) is 0.862. The average molecular weight is 419 g/mol. The minimum absolute atomic E-state index is 0.0733. The molecule has 0 radical (unpaired) electrons. The second-order valence-electron chi connectivity index (χ2n) is 6.26. The first-order chi connectivity index (χ1) is 14.1. The van der Waals surface area contributed by atoms with Gasteiger partial charge in [0.25, 0.3) is 0 Å². The predicted octanol–water partition coefficient (Wildman–Crippen LogP) is 3.28. The normalized spacial score (nSPS) is 12.7. The Balaban J connectivity index is 1.56. The first kappa shape index (κ1) is 21.0. The highest BCUT2D eigenvalue weighted by molar-refractivity contribution is 8.00. The van der Waals surface area contributed by atoms with Crippen molar-refractivity contribution in [2.75, 3.05) is 40.3 Å². The molecule has 0 atom stereocenters. The second kappa shape index (κ2) is 10.2. The summed E-state index contributed by atoms with van der Waals surface area (Å²) in [5, 5.41) is 2.91. The molecule has 0 bridgehead atoms. The lowest BCUT2D eigenvalue weighted by molar-refractivity contribution is -0.118. The van der Waals surface area contributed by atoms with E-state index in [1.165, 1.54) is 11.8 Å². The fourth-order valence-corrected chi connectivity index (χ4v) is 3.63. The second-order valence-corrected chi connectivity index (χ2v) is 7.31.